The Bertz CT molecular complexity index is 820. The maximum atomic E-state index is 11.2. The van der Waals surface area contributed by atoms with Crippen molar-refractivity contribution < 1.29 is 4.79 Å². The smallest absolute Gasteiger partial charge is 0.129 e. The molecule has 4 heteroatoms. The molecule has 0 atom stereocenters. The number of hydrogen-bond donors (Lipinski definition) is 0. The van der Waals surface area contributed by atoms with Crippen molar-refractivity contribution in [1.29, 1.82) is 0 Å². The maximum absolute atomic E-state index is 11.2. The molecule has 0 saturated heterocycles. The van der Waals surface area contributed by atoms with Crippen molar-refractivity contribution in [2.24, 2.45) is 0 Å². The number of carbonyl (C=O) groups excluding carboxylic acids is 1. The first-order valence-electron chi connectivity index (χ1n) is 7.93. The zero-order valence-corrected chi connectivity index (χ0v) is 13.2. The Morgan fingerprint density at radius 2 is 2.05 bits per heavy atom. The van der Waals surface area contributed by atoms with E-state index in [1.54, 1.807) is 6.92 Å². The molecule has 0 unspecified atom stereocenters. The number of carbonyl (C=O) groups is 1. The molecule has 2 heterocycles. The lowest BCUT2D eigenvalue weighted by molar-refractivity contribution is -0.117. The van der Waals surface area contributed by atoms with E-state index < -0.39 is 0 Å². The SMILES string of the molecule is CCCc1nc2cnc3ccccc3c2n1CCCC(C)=O. The molecule has 114 valence electrons. The van der Waals surface area contributed by atoms with Gasteiger partial charge in [0.15, 0.2) is 0 Å². The van der Waals surface area contributed by atoms with E-state index in [2.05, 4.69) is 22.5 Å². The van der Waals surface area contributed by atoms with Gasteiger partial charge in [-0.2, -0.15) is 0 Å². The number of nitrogens with zero attached hydrogens (tertiary/aromatic N) is 3. The fourth-order valence-electron chi connectivity index (χ4n) is 2.95. The summed E-state index contributed by atoms with van der Waals surface area (Å²) < 4.78 is 2.28. The van der Waals surface area contributed by atoms with Gasteiger partial charge in [0.25, 0.3) is 0 Å². The molecule has 0 amide bonds. The standard InChI is InChI=1S/C18H21N3O/c1-3-7-17-20-16-12-19-15-10-5-4-9-14(15)18(16)21(17)11-6-8-13(2)22/h4-5,9-10,12H,3,6-8,11H2,1-2H3. The van der Waals surface area contributed by atoms with Gasteiger partial charge in [-0.15, -0.1) is 0 Å². The minimum atomic E-state index is 0.244. The Morgan fingerprint density at radius 3 is 2.82 bits per heavy atom. The first-order chi connectivity index (χ1) is 10.7. The first kappa shape index (κ1) is 14.7. The number of Topliss-reactive ketones (excluding diaryl/α,β-unsaturated/α-hetero) is 1. The molecule has 0 saturated carbocycles. The van der Waals surface area contributed by atoms with Crippen LogP contribution in [0.1, 0.15) is 38.9 Å². The van der Waals surface area contributed by atoms with Gasteiger partial charge in [0.1, 0.15) is 17.1 Å². The van der Waals surface area contributed by atoms with Crippen molar-refractivity contribution in [3.63, 3.8) is 0 Å². The molecule has 2 aromatic heterocycles. The number of benzene rings is 1. The van der Waals surface area contributed by atoms with Crippen LogP contribution in [0.25, 0.3) is 21.9 Å². The zero-order chi connectivity index (χ0) is 15.5. The second-order valence-electron chi connectivity index (χ2n) is 5.74. The van der Waals surface area contributed by atoms with Crippen LogP contribution in [-0.4, -0.2) is 20.3 Å². The van der Waals surface area contributed by atoms with Gasteiger partial charge in [-0.3, -0.25) is 4.98 Å². The Labute approximate surface area is 130 Å². The van der Waals surface area contributed by atoms with E-state index in [4.69, 9.17) is 4.98 Å². The van der Waals surface area contributed by atoms with E-state index >= 15 is 0 Å². The van der Waals surface area contributed by atoms with Crippen LogP contribution < -0.4 is 0 Å². The van der Waals surface area contributed by atoms with Gasteiger partial charge in [0.2, 0.25) is 0 Å². The molecule has 0 aliphatic carbocycles. The number of rotatable bonds is 6. The van der Waals surface area contributed by atoms with Gasteiger partial charge >= 0.3 is 0 Å². The number of para-hydroxylation sites is 1. The summed E-state index contributed by atoms with van der Waals surface area (Å²) in [7, 11) is 0. The summed E-state index contributed by atoms with van der Waals surface area (Å²) in [6, 6.07) is 8.17. The van der Waals surface area contributed by atoms with E-state index in [-0.39, 0.29) is 5.78 Å². The molecule has 4 nitrogen and oxygen atoms in total. The first-order valence-corrected chi connectivity index (χ1v) is 7.93. The van der Waals surface area contributed by atoms with Crippen LogP contribution in [0.3, 0.4) is 0 Å². The quantitative estimate of drug-likeness (QED) is 0.693. The third-order valence-corrected chi connectivity index (χ3v) is 3.94. The zero-order valence-electron chi connectivity index (χ0n) is 13.2. The monoisotopic (exact) mass is 295 g/mol. The van der Waals surface area contributed by atoms with Gasteiger partial charge in [-0.25, -0.2) is 4.98 Å². The van der Waals surface area contributed by atoms with Crippen LogP contribution in [0.5, 0.6) is 0 Å². The number of fused-ring (bicyclic) bond motifs is 3. The summed E-state index contributed by atoms with van der Waals surface area (Å²) >= 11 is 0. The molecule has 0 fully saturated rings. The average molecular weight is 295 g/mol. The largest absolute Gasteiger partial charge is 0.327 e. The highest BCUT2D eigenvalue weighted by Gasteiger charge is 2.13. The number of aromatic nitrogens is 3. The molecular formula is C18H21N3O. The van der Waals surface area contributed by atoms with Crippen LogP contribution in [0.4, 0.5) is 0 Å². The average Bonchev–Trinajstić information content (AvgIpc) is 2.86. The highest BCUT2D eigenvalue weighted by Crippen LogP contribution is 2.25. The van der Waals surface area contributed by atoms with Crippen LogP contribution in [0.15, 0.2) is 30.5 Å². The lowest BCUT2D eigenvalue weighted by Crippen LogP contribution is -2.05. The van der Waals surface area contributed by atoms with Crippen molar-refractivity contribution in [3.8, 4) is 0 Å². The lowest BCUT2D eigenvalue weighted by Gasteiger charge is -2.09. The molecule has 3 rings (SSSR count). The van der Waals surface area contributed by atoms with Gasteiger partial charge in [-0.05, 0) is 25.8 Å². The summed E-state index contributed by atoms with van der Waals surface area (Å²) in [6.07, 6.45) is 5.34. The summed E-state index contributed by atoms with van der Waals surface area (Å²) in [6.45, 7) is 4.65. The predicted octanol–water partition coefficient (Wildman–Crippen LogP) is 3.91. The lowest BCUT2D eigenvalue weighted by atomic mass is 10.2. The van der Waals surface area contributed by atoms with E-state index in [1.807, 2.05) is 24.4 Å². The Morgan fingerprint density at radius 1 is 1.23 bits per heavy atom. The predicted molar refractivity (Wildman–Crippen MR) is 88.9 cm³/mol. The Kier molecular flexibility index (Phi) is 4.18. The molecule has 0 bridgehead atoms. The van der Waals surface area contributed by atoms with Crippen molar-refractivity contribution in [2.75, 3.05) is 0 Å². The second-order valence-corrected chi connectivity index (χ2v) is 5.74. The van der Waals surface area contributed by atoms with Gasteiger partial charge in [-0.1, -0.05) is 25.1 Å². The van der Waals surface area contributed by atoms with Crippen molar-refractivity contribution in [3.05, 3.63) is 36.3 Å². The second kappa shape index (κ2) is 6.26. The molecule has 0 aliphatic heterocycles. The van der Waals surface area contributed by atoms with Crippen LogP contribution in [0, 0.1) is 0 Å². The Hall–Kier alpha value is -2.23. The highest BCUT2D eigenvalue weighted by atomic mass is 16.1. The molecular weight excluding hydrogens is 274 g/mol. The maximum Gasteiger partial charge on any atom is 0.129 e. The third-order valence-electron chi connectivity index (χ3n) is 3.94. The summed E-state index contributed by atoms with van der Waals surface area (Å²) in [4.78, 5) is 20.5. The number of aryl methyl sites for hydroxylation is 2. The molecule has 0 aliphatic rings. The fraction of sp³-hybridized carbons (Fsp3) is 0.389. The number of pyridine rings is 1. The third kappa shape index (κ3) is 2.73. The fourth-order valence-corrected chi connectivity index (χ4v) is 2.95. The molecule has 0 spiro atoms. The summed E-state index contributed by atoms with van der Waals surface area (Å²) in [5.41, 5.74) is 3.09. The van der Waals surface area contributed by atoms with E-state index in [9.17, 15) is 4.79 Å². The minimum Gasteiger partial charge on any atom is -0.327 e. The van der Waals surface area contributed by atoms with E-state index in [1.165, 1.54) is 0 Å². The van der Waals surface area contributed by atoms with Crippen molar-refractivity contribution >= 4 is 27.7 Å². The Balaban J connectivity index is 2.13. The van der Waals surface area contributed by atoms with Gasteiger partial charge in [0.05, 0.1) is 17.2 Å². The van der Waals surface area contributed by atoms with Crippen molar-refractivity contribution in [2.45, 2.75) is 46.1 Å². The topological polar surface area (TPSA) is 47.8 Å². The number of imidazole rings is 1. The number of hydrogen-bond acceptors (Lipinski definition) is 3. The van der Waals surface area contributed by atoms with E-state index in [0.29, 0.717) is 6.42 Å². The highest BCUT2D eigenvalue weighted by molar-refractivity contribution is 6.02. The molecule has 0 N–H and O–H groups in total. The normalized spacial score (nSPS) is 11.4. The van der Waals surface area contributed by atoms with Crippen LogP contribution >= 0.6 is 0 Å². The minimum absolute atomic E-state index is 0.244. The van der Waals surface area contributed by atoms with Gasteiger partial charge < -0.3 is 9.36 Å². The number of ketones is 1. The molecule has 3 aromatic rings. The van der Waals surface area contributed by atoms with Gasteiger partial charge in [0, 0.05) is 24.8 Å². The molecule has 1 aromatic carbocycles. The van der Waals surface area contributed by atoms with Crippen LogP contribution in [-0.2, 0) is 17.8 Å². The summed E-state index contributed by atoms with van der Waals surface area (Å²) in [5, 5.41) is 1.14. The van der Waals surface area contributed by atoms with Crippen LogP contribution in [0.2, 0.25) is 0 Å². The van der Waals surface area contributed by atoms with E-state index in [0.717, 1.165) is 53.6 Å². The molecule has 22 heavy (non-hydrogen) atoms. The van der Waals surface area contributed by atoms with Crippen molar-refractivity contribution in [1.82, 2.24) is 14.5 Å². The molecule has 0 radical (unpaired) electrons. The summed E-state index contributed by atoms with van der Waals surface area (Å²) in [5.74, 6) is 1.34.